The van der Waals surface area contributed by atoms with E-state index in [1.807, 2.05) is 30.5 Å². The van der Waals surface area contributed by atoms with Crippen LogP contribution in [0.15, 0.2) is 73.3 Å². The third-order valence-corrected chi connectivity index (χ3v) is 7.42. The van der Waals surface area contributed by atoms with Crippen LogP contribution in [-0.4, -0.2) is 62.9 Å². The number of nitrogens with zero attached hydrogens (tertiary/aromatic N) is 6. The first-order valence-corrected chi connectivity index (χ1v) is 12.6. The van der Waals surface area contributed by atoms with E-state index < -0.39 is 12.0 Å². The standard InChI is InChI=1S/C27H29N7O3/c1-27(2)36-20-21(35-26(22(20)37-27)34-16-31-19-23(28)29-15-30-24(19)34)25-32(17-9-5-3-6-10-17)13-14-33(25)18-11-7-4-8-12-18/h3-12,15-16,20-22,25-26H,13-14H2,1-2H3,(H2,28,29,30)/t20-,21+,22-,26-/m1/s1. The number of imidazole rings is 1. The minimum absolute atomic E-state index is 0.116. The smallest absolute Gasteiger partial charge is 0.167 e. The van der Waals surface area contributed by atoms with Crippen LogP contribution in [0.4, 0.5) is 17.2 Å². The van der Waals surface area contributed by atoms with Crippen molar-refractivity contribution >= 4 is 28.4 Å². The van der Waals surface area contributed by atoms with Crippen LogP contribution in [0, 0.1) is 0 Å². The molecule has 2 N–H and O–H groups in total. The van der Waals surface area contributed by atoms with Crippen molar-refractivity contribution < 1.29 is 14.2 Å². The number of hydrogen-bond acceptors (Lipinski definition) is 9. The van der Waals surface area contributed by atoms with E-state index in [2.05, 4.69) is 73.3 Å². The van der Waals surface area contributed by atoms with Crippen LogP contribution in [0.3, 0.4) is 0 Å². The molecule has 2 aromatic heterocycles. The zero-order valence-corrected chi connectivity index (χ0v) is 20.7. The topological polar surface area (TPSA) is 104 Å². The Morgan fingerprint density at radius 2 is 1.43 bits per heavy atom. The van der Waals surface area contributed by atoms with Gasteiger partial charge in [-0.1, -0.05) is 36.4 Å². The number of fused-ring (bicyclic) bond motifs is 2. The molecule has 3 saturated heterocycles. The lowest BCUT2D eigenvalue weighted by Gasteiger charge is -2.38. The first-order valence-electron chi connectivity index (χ1n) is 12.6. The fourth-order valence-corrected chi connectivity index (χ4v) is 5.93. The Morgan fingerprint density at radius 1 is 0.811 bits per heavy atom. The number of ether oxygens (including phenoxy) is 3. The first-order chi connectivity index (χ1) is 18.0. The zero-order chi connectivity index (χ0) is 25.1. The summed E-state index contributed by atoms with van der Waals surface area (Å²) in [5.41, 5.74) is 9.50. The molecule has 0 radical (unpaired) electrons. The highest BCUT2D eigenvalue weighted by atomic mass is 16.8. The summed E-state index contributed by atoms with van der Waals surface area (Å²) >= 11 is 0. The van der Waals surface area contributed by atoms with Gasteiger partial charge in [-0.15, -0.1) is 0 Å². The molecule has 0 bridgehead atoms. The Hall–Kier alpha value is -3.73. The molecule has 37 heavy (non-hydrogen) atoms. The van der Waals surface area contributed by atoms with E-state index in [1.165, 1.54) is 6.33 Å². The Labute approximate surface area is 214 Å². The van der Waals surface area contributed by atoms with Gasteiger partial charge in [0, 0.05) is 24.5 Å². The van der Waals surface area contributed by atoms with E-state index in [1.54, 1.807) is 6.33 Å². The van der Waals surface area contributed by atoms with Gasteiger partial charge in [-0.3, -0.25) is 4.57 Å². The fourth-order valence-electron chi connectivity index (χ4n) is 5.93. The van der Waals surface area contributed by atoms with E-state index in [0.29, 0.717) is 17.0 Å². The van der Waals surface area contributed by atoms with Gasteiger partial charge in [0.1, 0.15) is 36.3 Å². The molecular formula is C27H29N7O3. The van der Waals surface area contributed by atoms with Gasteiger partial charge in [0.2, 0.25) is 0 Å². The van der Waals surface area contributed by atoms with Crippen LogP contribution in [0.1, 0.15) is 20.1 Å². The third-order valence-electron chi connectivity index (χ3n) is 7.42. The Bertz CT molecular complexity index is 1370. The lowest BCUT2D eigenvalue weighted by atomic mass is 10.1. The van der Waals surface area contributed by atoms with Crippen LogP contribution < -0.4 is 15.5 Å². The highest BCUT2D eigenvalue weighted by molar-refractivity contribution is 5.81. The van der Waals surface area contributed by atoms with Crippen LogP contribution in [0.25, 0.3) is 11.2 Å². The van der Waals surface area contributed by atoms with Gasteiger partial charge in [0.15, 0.2) is 23.5 Å². The van der Waals surface area contributed by atoms with E-state index in [9.17, 15) is 0 Å². The Balaban J connectivity index is 1.33. The third kappa shape index (κ3) is 3.63. The van der Waals surface area contributed by atoms with Gasteiger partial charge in [-0.05, 0) is 38.1 Å². The number of hydrogen-bond donors (Lipinski definition) is 1. The van der Waals surface area contributed by atoms with Crippen LogP contribution >= 0.6 is 0 Å². The molecule has 2 aromatic carbocycles. The summed E-state index contributed by atoms with van der Waals surface area (Å²) < 4.78 is 21.8. The number of anilines is 3. The second-order valence-electron chi connectivity index (χ2n) is 10.1. The van der Waals surface area contributed by atoms with E-state index in [-0.39, 0.29) is 24.5 Å². The molecule has 3 fully saturated rings. The van der Waals surface area contributed by atoms with Crippen molar-refractivity contribution in [3.8, 4) is 0 Å². The second-order valence-corrected chi connectivity index (χ2v) is 10.1. The molecule has 10 heteroatoms. The average molecular weight is 500 g/mol. The molecule has 190 valence electrons. The number of rotatable bonds is 4. The predicted octanol–water partition coefficient (Wildman–Crippen LogP) is 3.18. The normalized spacial score (nSPS) is 27.3. The highest BCUT2D eigenvalue weighted by Crippen LogP contribution is 2.47. The minimum Gasteiger partial charge on any atom is -0.382 e. The molecule has 0 aliphatic carbocycles. The van der Waals surface area contributed by atoms with Crippen LogP contribution in [-0.2, 0) is 14.2 Å². The van der Waals surface area contributed by atoms with Crippen molar-refractivity contribution in [3.63, 3.8) is 0 Å². The van der Waals surface area contributed by atoms with Crippen molar-refractivity contribution in [3.05, 3.63) is 73.3 Å². The van der Waals surface area contributed by atoms with Crippen molar-refractivity contribution in [2.24, 2.45) is 0 Å². The maximum absolute atomic E-state index is 6.89. The van der Waals surface area contributed by atoms with Gasteiger partial charge in [-0.25, -0.2) is 15.0 Å². The maximum Gasteiger partial charge on any atom is 0.167 e. The molecule has 7 rings (SSSR count). The van der Waals surface area contributed by atoms with Crippen molar-refractivity contribution in [1.82, 2.24) is 19.5 Å². The molecule has 0 saturated carbocycles. The summed E-state index contributed by atoms with van der Waals surface area (Å²) in [5, 5.41) is 0. The monoisotopic (exact) mass is 499 g/mol. The summed E-state index contributed by atoms with van der Waals surface area (Å²) in [6, 6.07) is 20.9. The molecule has 0 amide bonds. The molecule has 4 aromatic rings. The van der Waals surface area contributed by atoms with E-state index in [4.69, 9.17) is 19.9 Å². The number of aromatic nitrogens is 4. The molecule has 4 atom stereocenters. The number of nitrogen functional groups attached to an aromatic ring is 1. The Morgan fingerprint density at radius 3 is 2.08 bits per heavy atom. The van der Waals surface area contributed by atoms with Crippen LogP contribution in [0.2, 0.25) is 0 Å². The number of nitrogens with two attached hydrogens (primary N) is 1. The second kappa shape index (κ2) is 8.41. The summed E-state index contributed by atoms with van der Waals surface area (Å²) in [5.74, 6) is -0.423. The number of benzene rings is 2. The van der Waals surface area contributed by atoms with Gasteiger partial charge < -0.3 is 29.7 Å². The predicted molar refractivity (Wildman–Crippen MR) is 139 cm³/mol. The molecule has 0 unspecified atom stereocenters. The van der Waals surface area contributed by atoms with Crippen molar-refractivity contribution in [2.45, 2.75) is 50.3 Å². The van der Waals surface area contributed by atoms with Gasteiger partial charge >= 0.3 is 0 Å². The molecule has 10 nitrogen and oxygen atoms in total. The number of para-hydroxylation sites is 2. The van der Waals surface area contributed by atoms with E-state index in [0.717, 1.165) is 24.5 Å². The molecule has 5 heterocycles. The minimum atomic E-state index is -0.756. The van der Waals surface area contributed by atoms with Crippen molar-refractivity contribution in [1.29, 1.82) is 0 Å². The molecule has 3 aliphatic rings. The summed E-state index contributed by atoms with van der Waals surface area (Å²) in [6.07, 6.45) is 1.55. The lowest BCUT2D eigenvalue weighted by Crippen LogP contribution is -2.53. The fraction of sp³-hybridized carbons (Fsp3) is 0.370. The Kier molecular flexibility index (Phi) is 5.10. The van der Waals surface area contributed by atoms with Gasteiger partial charge in [-0.2, -0.15) is 0 Å². The quantitative estimate of drug-likeness (QED) is 0.453. The lowest BCUT2D eigenvalue weighted by molar-refractivity contribution is -0.198. The average Bonchev–Trinajstić information content (AvgIpc) is 3.66. The van der Waals surface area contributed by atoms with Crippen molar-refractivity contribution in [2.75, 3.05) is 28.6 Å². The molecule has 0 spiro atoms. The zero-order valence-electron chi connectivity index (χ0n) is 20.7. The first kappa shape index (κ1) is 22.5. The van der Waals surface area contributed by atoms with Crippen LogP contribution in [0.5, 0.6) is 0 Å². The molecular weight excluding hydrogens is 470 g/mol. The summed E-state index contributed by atoms with van der Waals surface area (Å²) in [6.45, 7) is 5.61. The maximum atomic E-state index is 6.89. The van der Waals surface area contributed by atoms with Gasteiger partial charge in [0.25, 0.3) is 0 Å². The molecule has 3 aliphatic heterocycles. The highest BCUT2D eigenvalue weighted by Gasteiger charge is 2.60. The largest absolute Gasteiger partial charge is 0.382 e. The van der Waals surface area contributed by atoms with Gasteiger partial charge in [0.05, 0.1) is 6.33 Å². The SMILES string of the molecule is CC1(C)O[C@@H]2[C@H](O1)[C@@H](C1N(c3ccccc3)CCN1c1ccccc1)O[C@H]2n1cnc2c(N)ncnc21. The summed E-state index contributed by atoms with van der Waals surface area (Å²) in [4.78, 5) is 17.8. The summed E-state index contributed by atoms with van der Waals surface area (Å²) in [7, 11) is 0. The van der Waals surface area contributed by atoms with E-state index >= 15 is 0 Å².